The molecule has 0 saturated carbocycles. The number of hydrogen-bond donors (Lipinski definition) is 3. The summed E-state index contributed by atoms with van der Waals surface area (Å²) in [5.41, 5.74) is 8.73. The number of nitrogen functional groups attached to an aromatic ring is 1. The minimum Gasteiger partial charge on any atom is -0.391 e. The summed E-state index contributed by atoms with van der Waals surface area (Å²) in [5.74, 6) is 0.474. The van der Waals surface area contributed by atoms with Gasteiger partial charge in [-0.2, -0.15) is 5.16 Å². The van der Waals surface area contributed by atoms with Crippen LogP contribution in [0.15, 0.2) is 33.7 Å². The molecule has 4 N–H and O–H groups in total. The van der Waals surface area contributed by atoms with Gasteiger partial charge in [0.05, 0.1) is 0 Å². The average Bonchev–Trinajstić information content (AvgIpc) is 2.88. The van der Waals surface area contributed by atoms with Gasteiger partial charge in [0.25, 0.3) is 0 Å². The van der Waals surface area contributed by atoms with Crippen LogP contribution >= 0.6 is 0 Å². The quantitative estimate of drug-likeness (QED) is 0.642. The summed E-state index contributed by atoms with van der Waals surface area (Å²) >= 11 is 0. The molecular formula is C13H13N3O2. The van der Waals surface area contributed by atoms with Gasteiger partial charge in [-0.25, -0.2) is 0 Å². The first kappa shape index (κ1) is 10.7. The third-order valence-electron chi connectivity index (χ3n) is 3.09. The largest absolute Gasteiger partial charge is 0.391 e. The van der Waals surface area contributed by atoms with E-state index in [1.54, 1.807) is 0 Å². The maximum absolute atomic E-state index is 11.2. The Kier molecular flexibility index (Phi) is 2.26. The van der Waals surface area contributed by atoms with Crippen molar-refractivity contribution < 1.29 is 4.52 Å². The van der Waals surface area contributed by atoms with E-state index in [0.717, 1.165) is 16.5 Å². The van der Waals surface area contributed by atoms with Crippen LogP contribution < -0.4 is 11.3 Å². The molecule has 0 aliphatic heterocycles. The number of fused-ring (bicyclic) bond motifs is 1. The van der Waals surface area contributed by atoms with Gasteiger partial charge in [-0.15, -0.1) is 0 Å². The van der Waals surface area contributed by atoms with Crippen LogP contribution in [0.1, 0.15) is 16.9 Å². The number of benzene rings is 1. The fraction of sp³-hybridized carbons (Fsp3) is 0.154. The van der Waals surface area contributed by atoms with Crippen molar-refractivity contribution >= 4 is 16.6 Å². The predicted octanol–water partition coefficient (Wildman–Crippen LogP) is 1.93. The molecule has 0 aliphatic carbocycles. The standard InChI is InChI=1S/C13H13N3O2/c1-7-2-3-10-9(4-7)8(6-15-10)5-11-12(14)13(17)16-18-11/h2-4,6,15H,5,14H2,1H3,(H,16,17). The number of anilines is 1. The molecular weight excluding hydrogens is 230 g/mol. The lowest BCUT2D eigenvalue weighted by molar-refractivity contribution is 0.385. The number of rotatable bonds is 2. The number of aryl methyl sites for hydroxylation is 1. The first-order chi connectivity index (χ1) is 8.65. The van der Waals surface area contributed by atoms with Crippen LogP contribution in [-0.2, 0) is 6.42 Å². The van der Waals surface area contributed by atoms with Crippen LogP contribution in [0.5, 0.6) is 0 Å². The van der Waals surface area contributed by atoms with Gasteiger partial charge in [0.15, 0.2) is 5.76 Å². The van der Waals surface area contributed by atoms with Gasteiger partial charge in [0.2, 0.25) is 0 Å². The molecule has 0 spiro atoms. The normalized spacial score (nSPS) is 11.2. The SMILES string of the molecule is Cc1ccc2[nH]cc(Cc3o[nH]c(=O)c3N)c2c1. The lowest BCUT2D eigenvalue weighted by Gasteiger charge is -1.98. The topological polar surface area (TPSA) is 87.8 Å². The Labute approximate surface area is 103 Å². The first-order valence-corrected chi connectivity index (χ1v) is 5.67. The zero-order chi connectivity index (χ0) is 12.7. The third kappa shape index (κ3) is 1.60. The Bertz CT molecular complexity index is 764. The van der Waals surface area contributed by atoms with Crippen molar-refractivity contribution in [1.29, 1.82) is 0 Å². The Hall–Kier alpha value is -2.43. The van der Waals surface area contributed by atoms with Gasteiger partial charge in [0, 0.05) is 23.5 Å². The fourth-order valence-corrected chi connectivity index (χ4v) is 2.09. The number of aromatic nitrogens is 2. The molecule has 0 saturated heterocycles. The molecule has 0 fully saturated rings. The van der Waals surface area contributed by atoms with E-state index >= 15 is 0 Å². The van der Waals surface area contributed by atoms with E-state index in [1.807, 2.05) is 25.3 Å². The predicted molar refractivity (Wildman–Crippen MR) is 69.6 cm³/mol. The van der Waals surface area contributed by atoms with Crippen LogP contribution in [0.25, 0.3) is 10.9 Å². The first-order valence-electron chi connectivity index (χ1n) is 5.67. The average molecular weight is 243 g/mol. The lowest BCUT2D eigenvalue weighted by atomic mass is 10.1. The number of aromatic amines is 2. The summed E-state index contributed by atoms with van der Waals surface area (Å²) in [5, 5.41) is 3.37. The van der Waals surface area contributed by atoms with Gasteiger partial charge in [-0.05, 0) is 24.6 Å². The molecule has 0 aliphatic rings. The number of H-pyrrole nitrogens is 2. The van der Waals surface area contributed by atoms with Gasteiger partial charge in [-0.3, -0.25) is 4.79 Å². The lowest BCUT2D eigenvalue weighted by Crippen LogP contribution is -2.05. The van der Waals surface area contributed by atoms with Crippen LogP contribution in [-0.4, -0.2) is 10.1 Å². The van der Waals surface area contributed by atoms with Crippen molar-refractivity contribution in [3.8, 4) is 0 Å². The number of hydrogen-bond acceptors (Lipinski definition) is 3. The number of nitrogens with one attached hydrogen (secondary N) is 2. The molecule has 0 bridgehead atoms. The van der Waals surface area contributed by atoms with E-state index < -0.39 is 0 Å². The van der Waals surface area contributed by atoms with Crippen LogP contribution in [0.4, 0.5) is 5.69 Å². The fourth-order valence-electron chi connectivity index (χ4n) is 2.09. The molecule has 92 valence electrons. The molecule has 3 aromatic rings. The highest BCUT2D eigenvalue weighted by atomic mass is 16.5. The van der Waals surface area contributed by atoms with Gasteiger partial charge >= 0.3 is 5.56 Å². The van der Waals surface area contributed by atoms with E-state index in [9.17, 15) is 4.79 Å². The molecule has 0 atom stereocenters. The van der Waals surface area contributed by atoms with Crippen molar-refractivity contribution in [1.82, 2.24) is 10.1 Å². The molecule has 5 nitrogen and oxygen atoms in total. The van der Waals surface area contributed by atoms with Crippen molar-refractivity contribution in [2.45, 2.75) is 13.3 Å². The molecule has 18 heavy (non-hydrogen) atoms. The van der Waals surface area contributed by atoms with Gasteiger partial charge in [-0.1, -0.05) is 11.6 Å². The monoisotopic (exact) mass is 243 g/mol. The molecule has 0 unspecified atom stereocenters. The molecule has 5 heteroatoms. The maximum Gasteiger partial charge on any atom is 0.303 e. The zero-order valence-corrected chi connectivity index (χ0v) is 9.91. The molecule has 3 rings (SSSR count). The van der Waals surface area contributed by atoms with Crippen LogP contribution in [0.2, 0.25) is 0 Å². The van der Waals surface area contributed by atoms with Crippen molar-refractivity contribution in [3.63, 3.8) is 0 Å². The molecule has 2 heterocycles. The Balaban J connectivity index is 2.07. The zero-order valence-electron chi connectivity index (χ0n) is 9.91. The summed E-state index contributed by atoms with van der Waals surface area (Å²) in [7, 11) is 0. The minimum absolute atomic E-state index is 0.150. The summed E-state index contributed by atoms with van der Waals surface area (Å²) in [4.78, 5) is 14.4. The molecule has 0 radical (unpaired) electrons. The second-order valence-electron chi connectivity index (χ2n) is 4.41. The van der Waals surface area contributed by atoms with Gasteiger partial charge in [0.1, 0.15) is 5.69 Å². The highest BCUT2D eigenvalue weighted by molar-refractivity contribution is 5.84. The molecule has 2 aromatic heterocycles. The Morgan fingerprint density at radius 3 is 2.94 bits per heavy atom. The Morgan fingerprint density at radius 1 is 1.39 bits per heavy atom. The van der Waals surface area contributed by atoms with Crippen LogP contribution in [0, 0.1) is 6.92 Å². The van der Waals surface area contributed by atoms with Crippen LogP contribution in [0.3, 0.4) is 0 Å². The molecule has 0 amide bonds. The second kappa shape index (κ2) is 3.80. The van der Waals surface area contributed by atoms with Gasteiger partial charge < -0.3 is 15.2 Å². The second-order valence-corrected chi connectivity index (χ2v) is 4.41. The van der Waals surface area contributed by atoms with E-state index in [2.05, 4.69) is 16.2 Å². The summed E-state index contributed by atoms with van der Waals surface area (Å²) in [6.07, 6.45) is 2.41. The van der Waals surface area contributed by atoms with E-state index in [-0.39, 0.29) is 11.2 Å². The van der Waals surface area contributed by atoms with Crippen molar-refractivity contribution in [2.75, 3.05) is 5.73 Å². The minimum atomic E-state index is -0.374. The third-order valence-corrected chi connectivity index (χ3v) is 3.09. The summed E-state index contributed by atoms with van der Waals surface area (Å²) in [6, 6.07) is 6.18. The summed E-state index contributed by atoms with van der Waals surface area (Å²) < 4.78 is 5.07. The van der Waals surface area contributed by atoms with Crippen molar-refractivity contribution in [2.24, 2.45) is 0 Å². The highest BCUT2D eigenvalue weighted by Gasteiger charge is 2.12. The maximum atomic E-state index is 11.2. The number of nitrogens with two attached hydrogens (primary N) is 1. The highest BCUT2D eigenvalue weighted by Crippen LogP contribution is 2.23. The Morgan fingerprint density at radius 2 is 2.22 bits per heavy atom. The van der Waals surface area contributed by atoms with E-state index in [0.29, 0.717) is 12.2 Å². The van der Waals surface area contributed by atoms with E-state index in [1.165, 1.54) is 5.56 Å². The smallest absolute Gasteiger partial charge is 0.303 e. The summed E-state index contributed by atoms with van der Waals surface area (Å²) in [6.45, 7) is 2.04. The molecule has 1 aromatic carbocycles. The van der Waals surface area contributed by atoms with Crippen molar-refractivity contribution in [3.05, 3.63) is 51.6 Å². The van der Waals surface area contributed by atoms with E-state index in [4.69, 9.17) is 10.3 Å².